The summed E-state index contributed by atoms with van der Waals surface area (Å²) in [7, 11) is 0. The van der Waals surface area contributed by atoms with Crippen molar-refractivity contribution in [3.8, 4) is 11.1 Å². The second kappa shape index (κ2) is 11.1. The smallest absolute Gasteiger partial charge is 0.305 e. The van der Waals surface area contributed by atoms with Gasteiger partial charge < -0.3 is 19.9 Å². The fraction of sp³-hybridized carbons (Fsp3) is 0.292. The Kier molecular flexibility index (Phi) is 9.03. The van der Waals surface area contributed by atoms with Gasteiger partial charge in [-0.2, -0.15) is 0 Å². The number of halogens is 1. The summed E-state index contributed by atoms with van der Waals surface area (Å²) in [5.41, 5.74) is 3.65. The van der Waals surface area contributed by atoms with Crippen LogP contribution in [0.4, 0.5) is 4.39 Å². The zero-order chi connectivity index (χ0) is 21.8. The first-order valence-corrected chi connectivity index (χ1v) is 9.93. The zero-order valence-electron chi connectivity index (χ0n) is 18.0. The maximum atomic E-state index is 13.5. The third-order valence-corrected chi connectivity index (χ3v) is 5.00. The molecule has 0 spiro atoms. The Labute approximate surface area is 203 Å². The van der Waals surface area contributed by atoms with Crippen molar-refractivity contribution in [3.05, 3.63) is 66.1 Å². The molecular formula is C24H26FNNaO4. The van der Waals surface area contributed by atoms with E-state index < -0.39 is 24.6 Å². The number of carboxylic acids is 1. The third-order valence-electron chi connectivity index (χ3n) is 5.00. The van der Waals surface area contributed by atoms with Crippen molar-refractivity contribution in [3.63, 3.8) is 0 Å². The zero-order valence-corrected chi connectivity index (χ0v) is 20.0. The van der Waals surface area contributed by atoms with Crippen LogP contribution in [0.1, 0.15) is 38.4 Å². The van der Waals surface area contributed by atoms with E-state index in [1.54, 1.807) is 24.3 Å². The molecule has 0 aliphatic heterocycles. The molecule has 0 aliphatic rings. The molecule has 1 aromatic heterocycles. The van der Waals surface area contributed by atoms with Crippen LogP contribution in [0.3, 0.4) is 0 Å². The molecule has 3 rings (SSSR count). The van der Waals surface area contributed by atoms with Crippen molar-refractivity contribution in [2.45, 2.75) is 44.9 Å². The summed E-state index contributed by atoms with van der Waals surface area (Å²) in [4.78, 5) is 10.7. The summed E-state index contributed by atoms with van der Waals surface area (Å²) in [6.07, 6.45) is 0.727. The molecule has 0 unspecified atom stereocenters. The van der Waals surface area contributed by atoms with Gasteiger partial charge in [0.25, 0.3) is 0 Å². The van der Waals surface area contributed by atoms with Crippen LogP contribution in [0.25, 0.3) is 28.1 Å². The van der Waals surface area contributed by atoms with Gasteiger partial charge in [-0.3, -0.25) is 4.79 Å². The van der Waals surface area contributed by atoms with Gasteiger partial charge in [-0.15, -0.1) is 0 Å². The number of fused-ring (bicyclic) bond motifs is 1. The second-order valence-electron chi connectivity index (χ2n) is 7.66. The number of carboxylic acid groups (broad SMARTS) is 1. The molecule has 159 valence electrons. The number of para-hydroxylation sites is 1. The summed E-state index contributed by atoms with van der Waals surface area (Å²) in [5, 5.41) is 29.9. The maximum absolute atomic E-state index is 13.5. The minimum absolute atomic E-state index is 0. The van der Waals surface area contributed by atoms with Crippen LogP contribution in [0, 0.1) is 5.82 Å². The van der Waals surface area contributed by atoms with Gasteiger partial charge in [-0.1, -0.05) is 36.4 Å². The van der Waals surface area contributed by atoms with E-state index in [1.807, 2.05) is 24.3 Å². The van der Waals surface area contributed by atoms with Gasteiger partial charge in [0.05, 0.1) is 18.6 Å². The number of rotatable bonds is 8. The molecule has 3 aromatic rings. The van der Waals surface area contributed by atoms with E-state index in [0.29, 0.717) is 0 Å². The first kappa shape index (κ1) is 25.3. The summed E-state index contributed by atoms with van der Waals surface area (Å²) in [6, 6.07) is 14.4. The molecule has 0 fully saturated rings. The Morgan fingerprint density at radius 3 is 2.35 bits per heavy atom. The molecule has 2 atom stereocenters. The summed E-state index contributed by atoms with van der Waals surface area (Å²) < 4.78 is 15.6. The minimum Gasteiger partial charge on any atom is -0.481 e. The van der Waals surface area contributed by atoms with Crippen molar-refractivity contribution >= 4 is 52.5 Å². The summed E-state index contributed by atoms with van der Waals surface area (Å²) in [5.74, 6) is -1.43. The molecule has 7 heteroatoms. The number of aromatic nitrogens is 1. The van der Waals surface area contributed by atoms with Crippen molar-refractivity contribution < 1.29 is 24.5 Å². The van der Waals surface area contributed by atoms with Crippen LogP contribution in [0.15, 0.2) is 54.6 Å². The molecule has 5 nitrogen and oxygen atoms in total. The normalized spacial score (nSPS) is 13.5. The van der Waals surface area contributed by atoms with Crippen molar-refractivity contribution in [2.24, 2.45) is 0 Å². The molecule has 0 amide bonds. The Balaban J connectivity index is 0.00000341. The number of aliphatic carboxylic acids is 1. The van der Waals surface area contributed by atoms with Crippen LogP contribution >= 0.6 is 0 Å². The van der Waals surface area contributed by atoms with Gasteiger partial charge in [-0.05, 0) is 43.7 Å². The first-order chi connectivity index (χ1) is 14.3. The van der Waals surface area contributed by atoms with Crippen LogP contribution in [-0.2, 0) is 4.79 Å². The van der Waals surface area contributed by atoms with Gasteiger partial charge in [0.2, 0.25) is 0 Å². The summed E-state index contributed by atoms with van der Waals surface area (Å²) >= 11 is 0. The molecule has 0 aliphatic carbocycles. The second-order valence-corrected chi connectivity index (χ2v) is 7.66. The van der Waals surface area contributed by atoms with E-state index in [4.69, 9.17) is 5.11 Å². The van der Waals surface area contributed by atoms with E-state index in [9.17, 15) is 19.4 Å². The molecule has 1 heterocycles. The average molecular weight is 434 g/mol. The standard InChI is InChI=1S/C24H26FNO4.Na/c1-15(2)26-21-6-4-3-5-20(21)24(16-7-9-17(25)10-8-16)22(26)12-11-18(27)13-19(28)14-23(29)30;/h3-12,15,18-19,27-28H,13-14H2,1-2H3,(H,29,30);/t18-,19-;/m1./s1. The van der Waals surface area contributed by atoms with Crippen LogP contribution < -0.4 is 0 Å². The molecule has 3 N–H and O–H groups in total. The monoisotopic (exact) mass is 434 g/mol. The van der Waals surface area contributed by atoms with E-state index in [-0.39, 0.29) is 47.8 Å². The van der Waals surface area contributed by atoms with E-state index >= 15 is 0 Å². The van der Waals surface area contributed by atoms with Gasteiger partial charge in [-0.25, -0.2) is 4.39 Å². The fourth-order valence-corrected chi connectivity index (χ4v) is 3.77. The number of hydrogen-bond donors (Lipinski definition) is 3. The third kappa shape index (κ3) is 6.05. The molecule has 1 radical (unpaired) electrons. The topological polar surface area (TPSA) is 82.7 Å². The quantitative estimate of drug-likeness (QED) is 0.463. The Morgan fingerprint density at radius 1 is 1.10 bits per heavy atom. The molecule has 31 heavy (non-hydrogen) atoms. The fourth-order valence-electron chi connectivity index (χ4n) is 3.77. The van der Waals surface area contributed by atoms with Gasteiger partial charge in [0.1, 0.15) is 5.82 Å². The Morgan fingerprint density at radius 2 is 1.74 bits per heavy atom. The van der Waals surface area contributed by atoms with Crippen molar-refractivity contribution in [1.29, 1.82) is 0 Å². The molecule has 0 saturated carbocycles. The largest absolute Gasteiger partial charge is 0.481 e. The first-order valence-electron chi connectivity index (χ1n) is 9.93. The SMILES string of the molecule is CC(C)n1c(C=C[C@@H](O)C[C@@H](O)CC(=O)O)c(-c2ccc(F)cc2)c2ccccc21.[Na]. The number of aliphatic hydroxyl groups excluding tert-OH is 2. The number of aliphatic hydroxyl groups is 2. The number of hydrogen-bond acceptors (Lipinski definition) is 3. The van der Waals surface area contributed by atoms with Gasteiger partial charge in [0.15, 0.2) is 0 Å². The Hall–Kier alpha value is -1.96. The van der Waals surface area contributed by atoms with E-state index in [1.165, 1.54) is 12.1 Å². The van der Waals surface area contributed by atoms with Gasteiger partial charge >= 0.3 is 5.97 Å². The predicted molar refractivity (Wildman–Crippen MR) is 121 cm³/mol. The van der Waals surface area contributed by atoms with E-state index in [2.05, 4.69) is 18.4 Å². The number of carbonyl (C=O) groups is 1. The van der Waals surface area contributed by atoms with Crippen LogP contribution in [-0.4, -0.2) is 67.6 Å². The van der Waals surface area contributed by atoms with Crippen LogP contribution in [0.5, 0.6) is 0 Å². The summed E-state index contributed by atoms with van der Waals surface area (Å²) in [6.45, 7) is 4.12. The number of benzene rings is 2. The van der Waals surface area contributed by atoms with Gasteiger partial charge in [0, 0.05) is 64.2 Å². The Bertz CT molecular complexity index is 1060. The minimum atomic E-state index is -1.13. The van der Waals surface area contributed by atoms with Crippen molar-refractivity contribution in [2.75, 3.05) is 0 Å². The van der Waals surface area contributed by atoms with Crippen molar-refractivity contribution in [1.82, 2.24) is 4.57 Å². The molecule has 2 aromatic carbocycles. The molecular weight excluding hydrogens is 408 g/mol. The maximum Gasteiger partial charge on any atom is 0.305 e. The average Bonchev–Trinajstić information content (AvgIpc) is 3.00. The predicted octanol–water partition coefficient (Wildman–Crippen LogP) is 4.25. The number of nitrogens with zero attached hydrogens (tertiary/aromatic N) is 1. The van der Waals surface area contributed by atoms with Crippen LogP contribution in [0.2, 0.25) is 0 Å². The molecule has 0 bridgehead atoms. The van der Waals surface area contributed by atoms with E-state index in [0.717, 1.165) is 27.7 Å². The molecule has 0 saturated heterocycles.